The topological polar surface area (TPSA) is 108 Å². The normalized spacial score (nSPS) is 16.4. The number of carbonyl (C=O) groups excluding carboxylic acids is 1. The molecule has 28 heavy (non-hydrogen) atoms. The number of nitrogens with zero attached hydrogens (tertiary/aromatic N) is 5. The second-order valence-corrected chi connectivity index (χ2v) is 6.67. The van der Waals surface area contributed by atoms with Crippen LogP contribution in [0.15, 0.2) is 29.0 Å². The van der Waals surface area contributed by atoms with Gasteiger partial charge in [0, 0.05) is 25.8 Å². The number of hydrogen-bond acceptors (Lipinski definition) is 7. The lowest BCUT2D eigenvalue weighted by Gasteiger charge is -2.10. The van der Waals surface area contributed by atoms with Crippen LogP contribution in [0.4, 0.5) is 0 Å². The average Bonchev–Trinajstić information content (AvgIpc) is 3.47. The Balaban J connectivity index is 1.47. The van der Waals surface area contributed by atoms with E-state index in [1.165, 1.54) is 0 Å². The van der Waals surface area contributed by atoms with Crippen molar-refractivity contribution in [3.63, 3.8) is 0 Å². The van der Waals surface area contributed by atoms with Crippen LogP contribution >= 0.6 is 0 Å². The first-order chi connectivity index (χ1) is 13.7. The molecule has 0 aliphatic carbocycles. The highest BCUT2D eigenvalue weighted by molar-refractivity contribution is 5.95. The molecule has 9 heteroatoms. The lowest BCUT2D eigenvalue weighted by molar-refractivity contribution is 0.0857. The predicted octanol–water partition coefficient (Wildman–Crippen LogP) is 2.10. The van der Waals surface area contributed by atoms with Crippen molar-refractivity contribution in [3.05, 3.63) is 41.6 Å². The van der Waals surface area contributed by atoms with E-state index in [9.17, 15) is 4.79 Å². The molecule has 0 bridgehead atoms. The molecule has 1 saturated heterocycles. The molecule has 3 aromatic rings. The molecule has 4 rings (SSSR count). The fourth-order valence-electron chi connectivity index (χ4n) is 3.12. The Hall–Kier alpha value is -3.07. The molecule has 1 atom stereocenters. The summed E-state index contributed by atoms with van der Waals surface area (Å²) >= 11 is 0. The molecule has 1 N–H and O–H groups in total. The molecule has 0 spiro atoms. The maximum Gasteiger partial charge on any atom is 0.259 e. The van der Waals surface area contributed by atoms with E-state index >= 15 is 0 Å². The summed E-state index contributed by atoms with van der Waals surface area (Å²) in [4.78, 5) is 21.2. The number of nitrogens with one attached hydrogen (secondary N) is 1. The summed E-state index contributed by atoms with van der Waals surface area (Å²) < 4.78 is 12.4. The Kier molecular flexibility index (Phi) is 5.16. The van der Waals surface area contributed by atoms with Crippen LogP contribution in [-0.4, -0.2) is 50.1 Å². The van der Waals surface area contributed by atoms with Gasteiger partial charge < -0.3 is 14.6 Å². The Labute approximate surface area is 162 Å². The summed E-state index contributed by atoms with van der Waals surface area (Å²) in [5.74, 6) is 1.53. The third kappa shape index (κ3) is 3.65. The highest BCUT2D eigenvalue weighted by atomic mass is 16.5. The minimum atomic E-state index is -0.158. The first-order valence-corrected chi connectivity index (χ1v) is 9.39. The molecule has 146 valence electrons. The minimum absolute atomic E-state index is 0.103. The molecular formula is C19H22N6O3. The lowest BCUT2D eigenvalue weighted by Crippen LogP contribution is -2.32. The van der Waals surface area contributed by atoms with E-state index in [-0.39, 0.29) is 12.0 Å². The van der Waals surface area contributed by atoms with E-state index in [2.05, 4.69) is 25.5 Å². The molecule has 4 heterocycles. The standard InChI is InChI=1S/C19H22N6O3/c1-3-16-23-19(28-24-16)13-6-7-17(20-9-13)25-12(2)15(11-22-25)18(26)21-10-14-5-4-8-27-14/h6-7,9,11,14H,3-5,8,10H2,1-2H3,(H,21,26). The van der Waals surface area contributed by atoms with Gasteiger partial charge in [-0.1, -0.05) is 12.1 Å². The van der Waals surface area contributed by atoms with Crippen LogP contribution in [-0.2, 0) is 11.2 Å². The van der Waals surface area contributed by atoms with E-state index in [0.717, 1.165) is 30.7 Å². The van der Waals surface area contributed by atoms with E-state index < -0.39 is 0 Å². The van der Waals surface area contributed by atoms with Gasteiger partial charge in [0.25, 0.3) is 11.8 Å². The molecule has 1 unspecified atom stereocenters. The van der Waals surface area contributed by atoms with Gasteiger partial charge in [-0.2, -0.15) is 10.1 Å². The van der Waals surface area contributed by atoms with Crippen molar-refractivity contribution in [3.8, 4) is 17.3 Å². The van der Waals surface area contributed by atoms with Gasteiger partial charge in [0.2, 0.25) is 0 Å². The van der Waals surface area contributed by atoms with Crippen LogP contribution in [0.2, 0.25) is 0 Å². The molecule has 1 aliphatic heterocycles. The number of carbonyl (C=O) groups is 1. The van der Waals surface area contributed by atoms with E-state index in [1.807, 2.05) is 19.9 Å². The zero-order valence-corrected chi connectivity index (χ0v) is 15.9. The maximum atomic E-state index is 12.5. The summed E-state index contributed by atoms with van der Waals surface area (Å²) in [6.07, 6.45) is 6.05. The van der Waals surface area contributed by atoms with Crippen LogP contribution < -0.4 is 5.32 Å². The van der Waals surface area contributed by atoms with Crippen LogP contribution in [0.5, 0.6) is 0 Å². The van der Waals surface area contributed by atoms with Crippen molar-refractivity contribution < 1.29 is 14.1 Å². The van der Waals surface area contributed by atoms with Crippen LogP contribution in [0.1, 0.15) is 41.6 Å². The molecule has 0 radical (unpaired) electrons. The first kappa shape index (κ1) is 18.3. The monoisotopic (exact) mass is 382 g/mol. The minimum Gasteiger partial charge on any atom is -0.376 e. The molecule has 9 nitrogen and oxygen atoms in total. The second-order valence-electron chi connectivity index (χ2n) is 6.67. The number of rotatable bonds is 6. The molecule has 0 aromatic carbocycles. The third-order valence-electron chi connectivity index (χ3n) is 4.76. The Morgan fingerprint density at radius 1 is 1.36 bits per heavy atom. The number of aromatic nitrogens is 5. The molecule has 1 amide bonds. The second kappa shape index (κ2) is 7.89. The summed E-state index contributed by atoms with van der Waals surface area (Å²) in [7, 11) is 0. The number of pyridine rings is 1. The van der Waals surface area contributed by atoms with Gasteiger partial charge in [-0.25, -0.2) is 9.67 Å². The van der Waals surface area contributed by atoms with Gasteiger partial charge in [0.05, 0.1) is 29.1 Å². The van der Waals surface area contributed by atoms with Gasteiger partial charge in [0.15, 0.2) is 11.6 Å². The highest BCUT2D eigenvalue weighted by Gasteiger charge is 2.20. The number of hydrogen-bond donors (Lipinski definition) is 1. The Bertz CT molecular complexity index is 956. The molecular weight excluding hydrogens is 360 g/mol. The average molecular weight is 382 g/mol. The zero-order valence-electron chi connectivity index (χ0n) is 15.9. The van der Waals surface area contributed by atoms with Crippen molar-refractivity contribution in [1.29, 1.82) is 0 Å². The van der Waals surface area contributed by atoms with Crippen LogP contribution in [0, 0.1) is 6.92 Å². The van der Waals surface area contributed by atoms with Crippen molar-refractivity contribution in [2.75, 3.05) is 13.2 Å². The summed E-state index contributed by atoms with van der Waals surface area (Å²) in [5, 5.41) is 11.1. The molecule has 1 fully saturated rings. The first-order valence-electron chi connectivity index (χ1n) is 9.39. The van der Waals surface area contributed by atoms with Crippen molar-refractivity contribution in [1.82, 2.24) is 30.2 Å². The summed E-state index contributed by atoms with van der Waals surface area (Å²) in [6.45, 7) is 5.09. The Morgan fingerprint density at radius 3 is 2.93 bits per heavy atom. The van der Waals surface area contributed by atoms with Gasteiger partial charge in [-0.3, -0.25) is 4.79 Å². The van der Waals surface area contributed by atoms with Gasteiger partial charge in [-0.15, -0.1) is 0 Å². The maximum absolute atomic E-state index is 12.5. The lowest BCUT2D eigenvalue weighted by atomic mass is 10.2. The van der Waals surface area contributed by atoms with Gasteiger partial charge in [0.1, 0.15) is 0 Å². The van der Waals surface area contributed by atoms with Gasteiger partial charge >= 0.3 is 0 Å². The smallest absolute Gasteiger partial charge is 0.259 e. The fraction of sp³-hybridized carbons (Fsp3) is 0.421. The van der Waals surface area contributed by atoms with Crippen LogP contribution in [0.25, 0.3) is 17.3 Å². The van der Waals surface area contributed by atoms with Gasteiger partial charge in [-0.05, 0) is 31.9 Å². The van der Waals surface area contributed by atoms with E-state index in [4.69, 9.17) is 9.26 Å². The van der Waals surface area contributed by atoms with Crippen LogP contribution in [0.3, 0.4) is 0 Å². The fourth-order valence-corrected chi connectivity index (χ4v) is 3.12. The van der Waals surface area contributed by atoms with E-state index in [1.54, 1.807) is 23.1 Å². The number of ether oxygens (including phenoxy) is 1. The highest BCUT2D eigenvalue weighted by Crippen LogP contribution is 2.19. The molecule has 1 aliphatic rings. The zero-order chi connectivity index (χ0) is 19.5. The Morgan fingerprint density at radius 2 is 2.25 bits per heavy atom. The summed E-state index contributed by atoms with van der Waals surface area (Å²) in [5.41, 5.74) is 1.97. The van der Waals surface area contributed by atoms with E-state index in [0.29, 0.717) is 36.1 Å². The molecule has 0 saturated carbocycles. The third-order valence-corrected chi connectivity index (χ3v) is 4.76. The largest absolute Gasteiger partial charge is 0.376 e. The van der Waals surface area contributed by atoms with Crippen molar-refractivity contribution >= 4 is 5.91 Å². The predicted molar refractivity (Wildman–Crippen MR) is 100 cm³/mol. The SMILES string of the molecule is CCc1noc(-c2ccc(-n3ncc(C(=O)NCC4CCCO4)c3C)nc2)n1. The van der Waals surface area contributed by atoms with Crippen molar-refractivity contribution in [2.45, 2.75) is 39.2 Å². The molecule has 3 aromatic heterocycles. The number of aryl methyl sites for hydroxylation is 1. The quantitative estimate of drug-likeness (QED) is 0.695. The van der Waals surface area contributed by atoms with Crippen molar-refractivity contribution in [2.24, 2.45) is 0 Å². The number of amides is 1. The summed E-state index contributed by atoms with van der Waals surface area (Å²) in [6, 6.07) is 3.65.